The van der Waals surface area contributed by atoms with Crippen molar-refractivity contribution in [2.75, 3.05) is 42.3 Å². The number of halogens is 1. The van der Waals surface area contributed by atoms with Crippen LogP contribution in [0.25, 0.3) is 22.0 Å². The van der Waals surface area contributed by atoms with E-state index in [1.54, 1.807) is 6.07 Å². The summed E-state index contributed by atoms with van der Waals surface area (Å²) in [6.07, 6.45) is 0. The molecular weight excluding hydrogens is 393 g/mol. The zero-order valence-electron chi connectivity index (χ0n) is 16.9. The topological polar surface area (TPSA) is 76.3 Å². The summed E-state index contributed by atoms with van der Waals surface area (Å²) in [6, 6.07) is 20.2. The first-order valence-electron chi connectivity index (χ1n) is 10.2. The van der Waals surface area contributed by atoms with Crippen molar-refractivity contribution < 1.29 is 9.13 Å². The molecule has 0 spiro atoms. The third-order valence-electron chi connectivity index (χ3n) is 5.39. The number of anilines is 4. The maximum absolute atomic E-state index is 13.8. The number of nitrogens with one attached hydrogen (secondary N) is 1. The van der Waals surface area contributed by atoms with Gasteiger partial charge in [0.15, 0.2) is 0 Å². The average molecular weight is 415 g/mol. The van der Waals surface area contributed by atoms with Crippen LogP contribution in [0.4, 0.5) is 27.5 Å². The zero-order valence-corrected chi connectivity index (χ0v) is 16.9. The summed E-state index contributed by atoms with van der Waals surface area (Å²) >= 11 is 0. The number of para-hydroxylation sites is 3. The molecule has 0 radical (unpaired) electrons. The highest BCUT2D eigenvalue weighted by Gasteiger charge is 2.16. The SMILES string of the molecule is Nc1nc(Nc2ccccc2N2CCOCC2)nc2c(-c3cccc(F)c3)cccc12. The van der Waals surface area contributed by atoms with Crippen molar-refractivity contribution in [3.05, 3.63) is 72.5 Å². The molecule has 7 heteroatoms. The molecule has 2 heterocycles. The number of aromatic nitrogens is 2. The van der Waals surface area contributed by atoms with Crippen molar-refractivity contribution in [3.8, 4) is 11.1 Å². The van der Waals surface area contributed by atoms with E-state index >= 15 is 0 Å². The average Bonchev–Trinajstić information content (AvgIpc) is 2.80. The molecular formula is C24H22FN5O. The normalized spacial score (nSPS) is 14.0. The van der Waals surface area contributed by atoms with E-state index in [1.807, 2.05) is 42.5 Å². The Morgan fingerprint density at radius 2 is 1.74 bits per heavy atom. The third-order valence-corrected chi connectivity index (χ3v) is 5.39. The second kappa shape index (κ2) is 8.20. The highest BCUT2D eigenvalue weighted by molar-refractivity contribution is 5.99. The maximum Gasteiger partial charge on any atom is 0.229 e. The highest BCUT2D eigenvalue weighted by atomic mass is 19.1. The van der Waals surface area contributed by atoms with E-state index < -0.39 is 0 Å². The van der Waals surface area contributed by atoms with Gasteiger partial charge >= 0.3 is 0 Å². The van der Waals surface area contributed by atoms with Crippen LogP contribution < -0.4 is 16.0 Å². The number of benzene rings is 3. The van der Waals surface area contributed by atoms with Crippen LogP contribution in [0.15, 0.2) is 66.7 Å². The van der Waals surface area contributed by atoms with Gasteiger partial charge < -0.3 is 20.7 Å². The Balaban J connectivity index is 1.57. The minimum absolute atomic E-state index is 0.297. The molecule has 0 aliphatic carbocycles. The molecule has 4 aromatic rings. The lowest BCUT2D eigenvalue weighted by Crippen LogP contribution is -2.36. The summed E-state index contributed by atoms with van der Waals surface area (Å²) in [7, 11) is 0. The molecule has 1 aliphatic heterocycles. The lowest BCUT2D eigenvalue weighted by atomic mass is 10.0. The molecule has 0 saturated carbocycles. The van der Waals surface area contributed by atoms with E-state index in [2.05, 4.69) is 21.3 Å². The molecule has 6 nitrogen and oxygen atoms in total. The molecule has 0 unspecified atom stereocenters. The van der Waals surface area contributed by atoms with E-state index in [-0.39, 0.29) is 5.82 Å². The van der Waals surface area contributed by atoms with E-state index in [0.717, 1.165) is 41.0 Å². The predicted octanol–water partition coefficient (Wildman–Crippen LogP) is 4.60. The first-order chi connectivity index (χ1) is 15.2. The van der Waals surface area contributed by atoms with Crippen LogP contribution in [0.1, 0.15) is 0 Å². The number of morpholine rings is 1. The molecule has 1 aromatic heterocycles. The van der Waals surface area contributed by atoms with Crippen LogP contribution >= 0.6 is 0 Å². The van der Waals surface area contributed by atoms with Gasteiger partial charge in [-0.05, 0) is 35.9 Å². The van der Waals surface area contributed by atoms with Gasteiger partial charge in [-0.1, -0.05) is 36.4 Å². The smallest absolute Gasteiger partial charge is 0.229 e. The second-order valence-corrected chi connectivity index (χ2v) is 7.39. The number of nitrogens with two attached hydrogens (primary N) is 1. The standard InChI is InChI=1S/C24H22FN5O/c25-17-6-3-5-16(15-17)18-7-4-8-19-22(18)28-24(29-23(19)26)27-20-9-1-2-10-21(20)30-11-13-31-14-12-30/h1-10,15H,11-14H2,(H3,26,27,28,29). The van der Waals surface area contributed by atoms with Gasteiger partial charge in [0.2, 0.25) is 5.95 Å². The summed E-state index contributed by atoms with van der Waals surface area (Å²) in [6.45, 7) is 3.04. The predicted molar refractivity (Wildman–Crippen MR) is 122 cm³/mol. The Kier molecular flexibility index (Phi) is 5.09. The quantitative estimate of drug-likeness (QED) is 0.507. The lowest BCUT2D eigenvalue weighted by molar-refractivity contribution is 0.123. The summed E-state index contributed by atoms with van der Waals surface area (Å²) in [5, 5.41) is 4.06. The van der Waals surface area contributed by atoms with Crippen LogP contribution in [-0.2, 0) is 4.74 Å². The van der Waals surface area contributed by atoms with E-state index in [1.165, 1.54) is 12.1 Å². The first kappa shape index (κ1) is 19.3. The van der Waals surface area contributed by atoms with Crippen LogP contribution in [-0.4, -0.2) is 36.3 Å². The van der Waals surface area contributed by atoms with Crippen molar-refractivity contribution in [1.82, 2.24) is 9.97 Å². The molecule has 0 bridgehead atoms. The fourth-order valence-electron chi connectivity index (χ4n) is 3.90. The van der Waals surface area contributed by atoms with Gasteiger partial charge in [-0.15, -0.1) is 0 Å². The number of nitrogens with zero attached hydrogens (tertiary/aromatic N) is 3. The minimum Gasteiger partial charge on any atom is -0.383 e. The molecule has 156 valence electrons. The van der Waals surface area contributed by atoms with E-state index in [9.17, 15) is 4.39 Å². The first-order valence-corrected chi connectivity index (χ1v) is 10.2. The van der Waals surface area contributed by atoms with Crippen molar-refractivity contribution in [3.63, 3.8) is 0 Å². The largest absolute Gasteiger partial charge is 0.383 e. The van der Waals surface area contributed by atoms with Crippen LogP contribution in [0, 0.1) is 5.82 Å². The van der Waals surface area contributed by atoms with E-state index in [0.29, 0.717) is 30.5 Å². The summed E-state index contributed by atoms with van der Waals surface area (Å²) in [4.78, 5) is 11.5. The number of hydrogen-bond acceptors (Lipinski definition) is 6. The van der Waals surface area contributed by atoms with Gasteiger partial charge in [-0.25, -0.2) is 9.37 Å². The van der Waals surface area contributed by atoms with Crippen LogP contribution in [0.3, 0.4) is 0 Å². The van der Waals surface area contributed by atoms with E-state index in [4.69, 9.17) is 15.5 Å². The van der Waals surface area contributed by atoms with Crippen LogP contribution in [0.2, 0.25) is 0 Å². The van der Waals surface area contributed by atoms with Gasteiger partial charge in [0, 0.05) is 24.0 Å². The zero-order chi connectivity index (χ0) is 21.2. The highest BCUT2D eigenvalue weighted by Crippen LogP contribution is 2.33. The number of hydrogen-bond donors (Lipinski definition) is 2. The molecule has 3 N–H and O–H groups in total. The Morgan fingerprint density at radius 3 is 2.58 bits per heavy atom. The Morgan fingerprint density at radius 1 is 0.935 bits per heavy atom. The number of ether oxygens (including phenoxy) is 1. The lowest BCUT2D eigenvalue weighted by Gasteiger charge is -2.30. The molecule has 1 aliphatic rings. The summed E-state index contributed by atoms with van der Waals surface area (Å²) in [5.41, 5.74) is 10.4. The van der Waals surface area contributed by atoms with Crippen LogP contribution in [0.5, 0.6) is 0 Å². The number of nitrogen functional groups attached to an aromatic ring is 1. The summed E-state index contributed by atoms with van der Waals surface area (Å²) in [5.74, 6) is 0.471. The monoisotopic (exact) mass is 415 g/mol. The fraction of sp³-hybridized carbons (Fsp3) is 0.167. The van der Waals surface area contributed by atoms with Crippen molar-refractivity contribution >= 4 is 34.0 Å². The molecule has 1 saturated heterocycles. The van der Waals surface area contributed by atoms with Gasteiger partial charge in [-0.3, -0.25) is 0 Å². The van der Waals surface area contributed by atoms with Gasteiger partial charge in [0.25, 0.3) is 0 Å². The van der Waals surface area contributed by atoms with Gasteiger partial charge in [0.1, 0.15) is 11.6 Å². The van der Waals surface area contributed by atoms with Gasteiger partial charge in [-0.2, -0.15) is 4.98 Å². The molecule has 5 rings (SSSR count). The van der Waals surface area contributed by atoms with Crippen molar-refractivity contribution in [1.29, 1.82) is 0 Å². The minimum atomic E-state index is -0.297. The number of fused-ring (bicyclic) bond motifs is 1. The molecule has 0 atom stereocenters. The molecule has 0 amide bonds. The van der Waals surface area contributed by atoms with Gasteiger partial charge in [0.05, 0.1) is 30.1 Å². The Hall–Kier alpha value is -3.71. The fourth-order valence-corrected chi connectivity index (χ4v) is 3.90. The second-order valence-electron chi connectivity index (χ2n) is 7.39. The maximum atomic E-state index is 13.8. The van der Waals surface area contributed by atoms with Crippen molar-refractivity contribution in [2.45, 2.75) is 0 Å². The third kappa shape index (κ3) is 3.87. The molecule has 3 aromatic carbocycles. The Bertz CT molecular complexity index is 1240. The molecule has 31 heavy (non-hydrogen) atoms. The Labute approximate surface area is 179 Å². The molecule has 1 fully saturated rings. The van der Waals surface area contributed by atoms with Crippen molar-refractivity contribution in [2.24, 2.45) is 0 Å². The number of rotatable bonds is 4. The summed E-state index contributed by atoms with van der Waals surface area (Å²) < 4.78 is 19.3.